The Bertz CT molecular complexity index is 1590. The summed E-state index contributed by atoms with van der Waals surface area (Å²) in [4.78, 5) is 24.1. The Hall–Kier alpha value is -4.41. The van der Waals surface area contributed by atoms with Crippen LogP contribution in [0, 0.1) is 17.0 Å². The molecule has 4 aromatic carbocycles. The molecule has 0 radical (unpaired) electrons. The van der Waals surface area contributed by atoms with Crippen LogP contribution in [0.5, 0.6) is 5.75 Å². The van der Waals surface area contributed by atoms with Crippen molar-refractivity contribution in [1.29, 1.82) is 0 Å². The number of aryl methyl sites for hydroxylation is 1. The van der Waals surface area contributed by atoms with E-state index in [0.29, 0.717) is 5.56 Å². The van der Waals surface area contributed by atoms with Crippen molar-refractivity contribution in [3.8, 4) is 5.75 Å². The molecule has 1 N–H and O–H groups in total. The second-order valence-corrected chi connectivity index (χ2v) is 11.2. The van der Waals surface area contributed by atoms with Crippen LogP contribution in [-0.2, 0) is 14.8 Å². The van der Waals surface area contributed by atoms with Gasteiger partial charge >= 0.3 is 0 Å². The third-order valence-electron chi connectivity index (χ3n) is 6.23. The van der Waals surface area contributed by atoms with Crippen LogP contribution >= 0.6 is 11.6 Å². The molecule has 0 aliphatic carbocycles. The molecule has 11 heteroatoms. The van der Waals surface area contributed by atoms with Crippen LogP contribution in [0.25, 0.3) is 0 Å². The van der Waals surface area contributed by atoms with E-state index in [9.17, 15) is 23.3 Å². The van der Waals surface area contributed by atoms with E-state index in [2.05, 4.69) is 5.32 Å². The number of benzene rings is 4. The van der Waals surface area contributed by atoms with E-state index in [1.165, 1.54) is 44.4 Å². The fraction of sp³-hybridized carbons (Fsp3) is 0.138. The molecule has 0 fully saturated rings. The van der Waals surface area contributed by atoms with E-state index in [1.54, 1.807) is 0 Å². The summed E-state index contributed by atoms with van der Waals surface area (Å²) in [6.07, 6.45) is 0. The summed E-state index contributed by atoms with van der Waals surface area (Å²) in [6.45, 7) is 0.851. The Morgan fingerprint density at radius 3 is 2.12 bits per heavy atom. The van der Waals surface area contributed by atoms with Crippen LogP contribution in [0.2, 0.25) is 5.02 Å². The molecule has 0 unspecified atom stereocenters. The Morgan fingerprint density at radius 1 is 0.975 bits per heavy atom. The summed E-state index contributed by atoms with van der Waals surface area (Å²) >= 11 is 6.22. The highest BCUT2D eigenvalue weighted by Gasteiger charge is 2.32. The van der Waals surface area contributed by atoms with Gasteiger partial charge in [0.2, 0.25) is 5.91 Å². The number of hydrogen-bond donors (Lipinski definition) is 1. The number of nitro groups is 1. The minimum atomic E-state index is -4.51. The van der Waals surface area contributed by atoms with E-state index >= 15 is 0 Å². The normalized spacial score (nSPS) is 11.2. The zero-order valence-corrected chi connectivity index (χ0v) is 23.2. The second-order valence-electron chi connectivity index (χ2n) is 8.86. The van der Waals surface area contributed by atoms with Crippen molar-refractivity contribution in [3.05, 3.63) is 129 Å². The van der Waals surface area contributed by atoms with Gasteiger partial charge in [-0.15, -0.1) is 0 Å². The number of carbonyl (C=O) groups is 1. The van der Waals surface area contributed by atoms with E-state index in [4.69, 9.17) is 16.3 Å². The van der Waals surface area contributed by atoms with Gasteiger partial charge in [0.05, 0.1) is 28.7 Å². The molecule has 0 aliphatic rings. The van der Waals surface area contributed by atoms with Crippen molar-refractivity contribution in [3.63, 3.8) is 0 Å². The maximum Gasteiger partial charge on any atom is 0.273 e. The van der Waals surface area contributed by atoms with Crippen molar-refractivity contribution < 1.29 is 22.9 Å². The third-order valence-corrected chi connectivity index (χ3v) is 8.22. The number of hydrogen-bond acceptors (Lipinski definition) is 6. The standard InChI is InChI=1S/C29H26ClN3O6S/c1-20-13-15-24(18-25(20)33(35)36)40(37,38)32(26-17-23(30)14-16-27(26)39-2)19-28(34)31-29(21-9-5-3-6-10-21)22-11-7-4-8-12-22/h3-18,29H,19H2,1-2H3,(H,31,34). The largest absolute Gasteiger partial charge is 0.495 e. The molecule has 0 heterocycles. The van der Waals surface area contributed by atoms with E-state index in [0.717, 1.165) is 21.5 Å². The summed E-state index contributed by atoms with van der Waals surface area (Å²) in [5.41, 5.74) is 1.53. The quantitative estimate of drug-likeness (QED) is 0.191. The molecule has 0 bridgehead atoms. The van der Waals surface area contributed by atoms with Crippen LogP contribution < -0.4 is 14.4 Å². The first-order chi connectivity index (χ1) is 19.1. The maximum absolute atomic E-state index is 14.0. The van der Waals surface area contributed by atoms with Gasteiger partial charge in [-0.3, -0.25) is 19.2 Å². The van der Waals surface area contributed by atoms with E-state index in [-0.39, 0.29) is 27.0 Å². The molecular formula is C29H26ClN3O6S. The van der Waals surface area contributed by atoms with Crippen LogP contribution in [0.3, 0.4) is 0 Å². The predicted octanol–water partition coefficient (Wildman–Crippen LogP) is 5.67. The van der Waals surface area contributed by atoms with Gasteiger partial charge in [-0.1, -0.05) is 78.3 Å². The average Bonchev–Trinajstić information content (AvgIpc) is 2.95. The number of methoxy groups -OCH3 is 1. The van der Waals surface area contributed by atoms with Gasteiger partial charge in [0.1, 0.15) is 12.3 Å². The molecule has 0 saturated carbocycles. The first-order valence-electron chi connectivity index (χ1n) is 12.1. The number of nitro benzene ring substituents is 1. The highest BCUT2D eigenvalue weighted by atomic mass is 35.5. The topological polar surface area (TPSA) is 119 Å². The Kier molecular flexibility index (Phi) is 8.71. The summed E-state index contributed by atoms with van der Waals surface area (Å²) in [5.74, 6) is -0.477. The number of halogens is 1. The molecule has 0 saturated heterocycles. The van der Waals surface area contributed by atoms with Gasteiger partial charge in [-0.05, 0) is 42.3 Å². The van der Waals surface area contributed by atoms with Crippen molar-refractivity contribution in [2.75, 3.05) is 18.0 Å². The van der Waals surface area contributed by atoms with Gasteiger partial charge in [0, 0.05) is 16.7 Å². The molecule has 40 heavy (non-hydrogen) atoms. The van der Waals surface area contributed by atoms with E-state index in [1.807, 2.05) is 60.7 Å². The van der Waals surface area contributed by atoms with Crippen molar-refractivity contribution in [1.82, 2.24) is 5.32 Å². The van der Waals surface area contributed by atoms with Crippen LogP contribution in [0.4, 0.5) is 11.4 Å². The molecular weight excluding hydrogens is 554 g/mol. The van der Waals surface area contributed by atoms with Gasteiger partial charge in [-0.2, -0.15) is 0 Å². The van der Waals surface area contributed by atoms with E-state index < -0.39 is 33.4 Å². The molecule has 4 rings (SSSR count). The minimum Gasteiger partial charge on any atom is -0.495 e. The van der Waals surface area contributed by atoms with Gasteiger partial charge in [-0.25, -0.2) is 8.42 Å². The second kappa shape index (κ2) is 12.2. The monoisotopic (exact) mass is 579 g/mol. The molecule has 9 nitrogen and oxygen atoms in total. The van der Waals surface area contributed by atoms with Gasteiger partial charge in [0.15, 0.2) is 0 Å². The number of nitrogens with one attached hydrogen (secondary N) is 1. The van der Waals surface area contributed by atoms with Gasteiger partial charge in [0.25, 0.3) is 15.7 Å². The van der Waals surface area contributed by atoms with Crippen molar-refractivity contribution in [2.45, 2.75) is 17.9 Å². The first-order valence-corrected chi connectivity index (χ1v) is 13.9. The molecule has 4 aromatic rings. The Balaban J connectivity index is 1.78. The van der Waals surface area contributed by atoms with Crippen molar-refractivity contribution in [2.24, 2.45) is 0 Å². The Labute approximate surface area is 237 Å². The highest BCUT2D eigenvalue weighted by molar-refractivity contribution is 7.92. The number of ether oxygens (including phenoxy) is 1. The average molecular weight is 580 g/mol. The molecule has 0 atom stereocenters. The van der Waals surface area contributed by atoms with Crippen molar-refractivity contribution >= 4 is 38.9 Å². The first kappa shape index (κ1) is 28.6. The van der Waals surface area contributed by atoms with Crippen LogP contribution in [-0.4, -0.2) is 32.9 Å². The smallest absolute Gasteiger partial charge is 0.273 e. The Morgan fingerprint density at radius 2 is 1.57 bits per heavy atom. The number of sulfonamides is 1. The molecule has 1 amide bonds. The molecule has 0 spiro atoms. The lowest BCUT2D eigenvalue weighted by Gasteiger charge is -2.27. The van der Waals surface area contributed by atoms with Gasteiger partial charge < -0.3 is 10.1 Å². The van der Waals surface area contributed by atoms with Crippen LogP contribution in [0.1, 0.15) is 22.7 Å². The minimum absolute atomic E-state index is 0.00403. The number of nitrogens with zero attached hydrogens (tertiary/aromatic N) is 2. The molecule has 0 aromatic heterocycles. The highest BCUT2D eigenvalue weighted by Crippen LogP contribution is 2.36. The fourth-order valence-electron chi connectivity index (χ4n) is 4.22. The fourth-order valence-corrected chi connectivity index (χ4v) is 5.83. The lowest BCUT2D eigenvalue weighted by molar-refractivity contribution is -0.385. The summed E-state index contributed by atoms with van der Waals surface area (Å²) in [7, 11) is -3.15. The SMILES string of the molecule is COc1ccc(Cl)cc1N(CC(=O)NC(c1ccccc1)c1ccccc1)S(=O)(=O)c1ccc(C)c([N+](=O)[O-])c1. The number of rotatable bonds is 10. The molecule has 0 aliphatic heterocycles. The lowest BCUT2D eigenvalue weighted by Crippen LogP contribution is -2.42. The lowest BCUT2D eigenvalue weighted by atomic mass is 9.99. The zero-order chi connectivity index (χ0) is 28.9. The summed E-state index contributed by atoms with van der Waals surface area (Å²) in [5, 5.41) is 14.7. The number of amides is 1. The maximum atomic E-state index is 14.0. The number of carbonyl (C=O) groups excluding carboxylic acids is 1. The zero-order valence-electron chi connectivity index (χ0n) is 21.7. The summed E-state index contributed by atoms with van der Waals surface area (Å²) < 4.78 is 34.2. The predicted molar refractivity (Wildman–Crippen MR) is 153 cm³/mol. The molecule has 206 valence electrons. The number of anilines is 1. The van der Waals surface area contributed by atoms with Crippen LogP contribution in [0.15, 0.2) is 102 Å². The third kappa shape index (κ3) is 6.24. The summed E-state index contributed by atoms with van der Waals surface area (Å²) in [6, 6.07) is 25.9.